The lowest BCUT2D eigenvalue weighted by Crippen LogP contribution is -2.28. The smallest absolute Gasteiger partial charge is 0.0682 e. The normalized spacial score (nSPS) is 15.4. The van der Waals surface area contributed by atoms with Crippen molar-refractivity contribution in [2.75, 3.05) is 31.7 Å². The molecule has 1 saturated heterocycles. The summed E-state index contributed by atoms with van der Waals surface area (Å²) in [5.74, 6) is 0.650. The Morgan fingerprint density at radius 3 is 2.35 bits per heavy atom. The second-order valence-corrected chi connectivity index (χ2v) is 10.2. The summed E-state index contributed by atoms with van der Waals surface area (Å²) in [6, 6.07) is 16.0. The third-order valence-electron chi connectivity index (χ3n) is 6.86. The summed E-state index contributed by atoms with van der Waals surface area (Å²) < 4.78 is 5.51. The van der Waals surface area contributed by atoms with Gasteiger partial charge in [-0.05, 0) is 77.6 Å². The van der Waals surface area contributed by atoms with Crippen molar-refractivity contribution >= 4 is 17.4 Å². The largest absolute Gasteiger partial charge is 0.381 e. The van der Waals surface area contributed by atoms with Crippen LogP contribution in [0, 0.1) is 0 Å². The van der Waals surface area contributed by atoms with E-state index in [9.17, 15) is 0 Å². The van der Waals surface area contributed by atoms with Gasteiger partial charge in [-0.2, -0.15) is 0 Å². The average Bonchev–Trinajstić information content (AvgIpc) is 2.98. The summed E-state index contributed by atoms with van der Waals surface area (Å²) in [6.07, 6.45) is 8.38. The number of rotatable bonds is 8. The number of fused-ring (bicyclic) bond motifs is 1. The molecular formula is C33H48N2OS. The van der Waals surface area contributed by atoms with E-state index in [1.807, 2.05) is 52.7 Å². The Morgan fingerprint density at radius 1 is 1.05 bits per heavy atom. The lowest BCUT2D eigenvalue weighted by molar-refractivity contribution is 0.0853. The molecule has 4 heteroatoms. The van der Waals surface area contributed by atoms with Crippen molar-refractivity contribution in [2.45, 2.75) is 72.8 Å². The first-order valence-electron chi connectivity index (χ1n) is 14.0. The molecular weight excluding hydrogens is 472 g/mol. The van der Waals surface area contributed by atoms with Crippen LogP contribution in [0.15, 0.2) is 77.8 Å². The van der Waals surface area contributed by atoms with E-state index in [-0.39, 0.29) is 0 Å². The van der Waals surface area contributed by atoms with Crippen LogP contribution in [0.25, 0.3) is 0 Å². The van der Waals surface area contributed by atoms with Crippen LogP contribution in [-0.2, 0) is 24.1 Å². The van der Waals surface area contributed by atoms with Crippen LogP contribution in [-0.4, -0.2) is 31.7 Å². The fraction of sp³-hybridized carbons (Fsp3) is 0.455. The van der Waals surface area contributed by atoms with Crippen LogP contribution in [0.2, 0.25) is 0 Å². The maximum Gasteiger partial charge on any atom is 0.0682 e. The predicted molar refractivity (Wildman–Crippen MR) is 165 cm³/mol. The van der Waals surface area contributed by atoms with Crippen molar-refractivity contribution in [3.8, 4) is 0 Å². The molecule has 0 saturated carbocycles. The standard InChI is InChI=1S/C29H36N2OS.2C2H6/c1-5-29(19-23-7-9-24(10-8-23)26-14-17-32-18-15-26)33-22(3)31-16-13-25-11-12-28(30(4)6-2)20-27(25)21-31;2*1-2/h5-12,20,26H,2-3,13-19,21H2,1,4H3;2*1-2H3/b29-5-;;. The van der Waals surface area contributed by atoms with Crippen molar-refractivity contribution in [3.63, 3.8) is 0 Å². The van der Waals surface area contributed by atoms with Gasteiger partial charge >= 0.3 is 0 Å². The molecule has 2 aliphatic heterocycles. The zero-order valence-electron chi connectivity index (χ0n) is 24.1. The molecule has 4 rings (SSSR count). The van der Waals surface area contributed by atoms with Gasteiger partial charge in [0.15, 0.2) is 0 Å². The molecule has 0 unspecified atom stereocenters. The summed E-state index contributed by atoms with van der Waals surface area (Å²) in [5, 5.41) is 1.13. The van der Waals surface area contributed by atoms with Gasteiger partial charge in [-0.3, -0.25) is 0 Å². The third kappa shape index (κ3) is 8.83. The van der Waals surface area contributed by atoms with E-state index >= 15 is 0 Å². The number of anilines is 1. The fourth-order valence-corrected chi connectivity index (χ4v) is 5.58. The molecule has 0 amide bonds. The number of benzene rings is 2. The van der Waals surface area contributed by atoms with Crippen molar-refractivity contribution in [3.05, 3.63) is 100 Å². The molecule has 0 aromatic heterocycles. The van der Waals surface area contributed by atoms with Crippen LogP contribution in [0.5, 0.6) is 0 Å². The highest BCUT2D eigenvalue weighted by atomic mass is 32.2. The minimum atomic E-state index is 0.650. The Balaban J connectivity index is 0.00000115. The maximum absolute atomic E-state index is 5.51. The number of ether oxygens (including phenoxy) is 1. The number of hydrogen-bond acceptors (Lipinski definition) is 4. The zero-order valence-corrected chi connectivity index (χ0v) is 24.9. The molecule has 0 radical (unpaired) electrons. The number of hydrogen-bond donors (Lipinski definition) is 0. The Morgan fingerprint density at radius 2 is 1.73 bits per heavy atom. The first-order valence-corrected chi connectivity index (χ1v) is 14.8. The summed E-state index contributed by atoms with van der Waals surface area (Å²) in [7, 11) is 2.04. The van der Waals surface area contributed by atoms with Gasteiger partial charge in [-0.15, -0.1) is 0 Å². The predicted octanol–water partition coefficient (Wildman–Crippen LogP) is 8.92. The molecule has 0 N–H and O–H groups in total. The van der Waals surface area contributed by atoms with Crippen LogP contribution >= 0.6 is 11.8 Å². The lowest BCUT2D eigenvalue weighted by atomic mass is 9.91. The van der Waals surface area contributed by atoms with Gasteiger partial charge in [-0.1, -0.05) is 89.0 Å². The first kappa shape index (κ1) is 30.8. The minimum Gasteiger partial charge on any atom is -0.381 e. The highest BCUT2D eigenvalue weighted by molar-refractivity contribution is 8.06. The molecule has 2 aliphatic rings. The first-order chi connectivity index (χ1) is 18.1. The Hall–Kier alpha value is -2.43. The molecule has 2 aromatic rings. The molecule has 2 heterocycles. The van der Waals surface area contributed by atoms with Crippen LogP contribution in [0.1, 0.15) is 75.6 Å². The monoisotopic (exact) mass is 520 g/mol. The highest BCUT2D eigenvalue weighted by Crippen LogP contribution is 2.34. The Labute approximate surface area is 231 Å². The average molecular weight is 521 g/mol. The van der Waals surface area contributed by atoms with Gasteiger partial charge in [0, 0.05) is 45.5 Å². The topological polar surface area (TPSA) is 15.7 Å². The van der Waals surface area contributed by atoms with Crippen LogP contribution in [0.3, 0.4) is 0 Å². The fourth-order valence-electron chi connectivity index (χ4n) is 4.63. The SMILES string of the molecule is C=CN(C)c1ccc2c(c1)CN(C(=C)S/C(=C\C)Cc1ccc(C3CCOCC3)cc1)CC2.CC.CC. The summed E-state index contributed by atoms with van der Waals surface area (Å²) in [4.78, 5) is 5.83. The second-order valence-electron chi connectivity index (χ2n) is 8.97. The summed E-state index contributed by atoms with van der Waals surface area (Å²) in [5.41, 5.74) is 6.83. The van der Waals surface area contributed by atoms with Gasteiger partial charge in [0.05, 0.1) is 5.03 Å². The highest BCUT2D eigenvalue weighted by Gasteiger charge is 2.20. The molecule has 3 nitrogen and oxygen atoms in total. The van der Waals surface area contributed by atoms with Gasteiger partial charge in [0.25, 0.3) is 0 Å². The van der Waals surface area contributed by atoms with E-state index in [4.69, 9.17) is 4.74 Å². The van der Waals surface area contributed by atoms with Crippen molar-refractivity contribution < 1.29 is 4.74 Å². The lowest BCUT2D eigenvalue weighted by Gasteiger charge is -2.32. The van der Waals surface area contributed by atoms with E-state index in [2.05, 4.69) is 78.4 Å². The van der Waals surface area contributed by atoms with Crippen molar-refractivity contribution in [1.29, 1.82) is 0 Å². The van der Waals surface area contributed by atoms with E-state index in [0.29, 0.717) is 5.92 Å². The maximum atomic E-state index is 5.51. The van der Waals surface area contributed by atoms with E-state index in [1.165, 1.54) is 32.8 Å². The molecule has 0 aliphatic carbocycles. The molecule has 202 valence electrons. The molecule has 0 atom stereocenters. The molecule has 1 fully saturated rings. The number of allylic oxidation sites excluding steroid dienone is 2. The van der Waals surface area contributed by atoms with Crippen LogP contribution in [0.4, 0.5) is 5.69 Å². The van der Waals surface area contributed by atoms with E-state index in [1.54, 1.807) is 0 Å². The van der Waals surface area contributed by atoms with E-state index < -0.39 is 0 Å². The van der Waals surface area contributed by atoms with Gasteiger partial charge in [0.1, 0.15) is 0 Å². The van der Waals surface area contributed by atoms with E-state index in [0.717, 1.165) is 57.0 Å². The molecule has 0 spiro atoms. The zero-order chi connectivity index (χ0) is 27.2. The van der Waals surface area contributed by atoms with Crippen LogP contribution < -0.4 is 4.90 Å². The van der Waals surface area contributed by atoms with Gasteiger partial charge in [-0.25, -0.2) is 0 Å². The Kier molecular flexibility index (Phi) is 13.7. The Bertz CT molecular complexity index is 1010. The van der Waals surface area contributed by atoms with Crippen molar-refractivity contribution in [1.82, 2.24) is 4.90 Å². The number of nitrogens with zero attached hydrogens (tertiary/aromatic N) is 2. The minimum absolute atomic E-state index is 0.650. The third-order valence-corrected chi connectivity index (χ3v) is 7.99. The molecule has 2 aromatic carbocycles. The quantitative estimate of drug-likeness (QED) is 0.345. The van der Waals surface area contributed by atoms with Gasteiger partial charge in [0.2, 0.25) is 0 Å². The molecule has 37 heavy (non-hydrogen) atoms. The van der Waals surface area contributed by atoms with Gasteiger partial charge < -0.3 is 14.5 Å². The number of thioether (sulfide) groups is 1. The second kappa shape index (κ2) is 16.4. The van der Waals surface area contributed by atoms with Crippen molar-refractivity contribution in [2.24, 2.45) is 0 Å². The summed E-state index contributed by atoms with van der Waals surface area (Å²) in [6.45, 7) is 22.2. The summed E-state index contributed by atoms with van der Waals surface area (Å²) >= 11 is 1.82. The molecule has 0 bridgehead atoms.